The standard InChI is InChI=1S/C10H19BrN2O2/c1-8(10(15)13(2)3)12-9(14)6-4-5-7-11/h8H,4-7H2,1-3H3,(H,12,14). The number of unbranched alkanes of at least 4 members (excludes halogenated alkanes) is 1. The predicted octanol–water partition coefficient (Wildman–Crippen LogP) is 1.14. The molecule has 15 heavy (non-hydrogen) atoms. The summed E-state index contributed by atoms with van der Waals surface area (Å²) in [7, 11) is 3.35. The lowest BCUT2D eigenvalue weighted by Crippen LogP contribution is -2.44. The summed E-state index contributed by atoms with van der Waals surface area (Å²) >= 11 is 3.30. The zero-order valence-electron chi connectivity index (χ0n) is 9.55. The summed E-state index contributed by atoms with van der Waals surface area (Å²) in [6.45, 7) is 1.70. The minimum Gasteiger partial charge on any atom is -0.347 e. The van der Waals surface area contributed by atoms with Gasteiger partial charge >= 0.3 is 0 Å². The quantitative estimate of drug-likeness (QED) is 0.585. The van der Waals surface area contributed by atoms with Gasteiger partial charge in [0.2, 0.25) is 11.8 Å². The molecule has 2 amide bonds. The molecule has 0 aromatic rings. The first-order valence-electron chi connectivity index (χ1n) is 5.05. The number of likely N-dealkylation sites (N-methyl/N-ethyl adjacent to an activating group) is 1. The maximum atomic E-state index is 11.4. The third kappa shape index (κ3) is 6.49. The molecule has 0 heterocycles. The summed E-state index contributed by atoms with van der Waals surface area (Å²) in [5, 5.41) is 3.58. The van der Waals surface area contributed by atoms with Crippen molar-refractivity contribution in [3.05, 3.63) is 0 Å². The van der Waals surface area contributed by atoms with Crippen LogP contribution in [0.15, 0.2) is 0 Å². The Morgan fingerprint density at radius 2 is 1.93 bits per heavy atom. The Hall–Kier alpha value is -0.580. The summed E-state index contributed by atoms with van der Waals surface area (Å²) in [5.74, 6) is -0.137. The van der Waals surface area contributed by atoms with Crippen LogP contribution in [0.5, 0.6) is 0 Å². The van der Waals surface area contributed by atoms with Gasteiger partial charge in [-0.05, 0) is 19.8 Å². The van der Waals surface area contributed by atoms with E-state index in [0.29, 0.717) is 6.42 Å². The molecule has 0 aromatic carbocycles. The molecule has 0 aliphatic rings. The van der Waals surface area contributed by atoms with Gasteiger partial charge in [-0.3, -0.25) is 9.59 Å². The molecule has 1 atom stereocenters. The minimum atomic E-state index is -0.434. The van der Waals surface area contributed by atoms with Crippen molar-refractivity contribution in [3.8, 4) is 0 Å². The third-order valence-corrected chi connectivity index (χ3v) is 2.54. The van der Waals surface area contributed by atoms with E-state index in [1.165, 1.54) is 4.90 Å². The van der Waals surface area contributed by atoms with Crippen molar-refractivity contribution >= 4 is 27.7 Å². The molecule has 0 spiro atoms. The van der Waals surface area contributed by atoms with Crippen LogP contribution in [0, 0.1) is 0 Å². The molecule has 0 aromatic heterocycles. The first kappa shape index (κ1) is 14.4. The highest BCUT2D eigenvalue weighted by atomic mass is 79.9. The minimum absolute atomic E-state index is 0.0568. The van der Waals surface area contributed by atoms with Crippen LogP contribution in [0.2, 0.25) is 0 Å². The van der Waals surface area contributed by atoms with Gasteiger partial charge in [-0.2, -0.15) is 0 Å². The zero-order valence-corrected chi connectivity index (χ0v) is 11.1. The van der Waals surface area contributed by atoms with Crippen LogP contribution in [-0.2, 0) is 9.59 Å². The summed E-state index contributed by atoms with van der Waals surface area (Å²) < 4.78 is 0. The molecular formula is C10H19BrN2O2. The number of hydrogen-bond donors (Lipinski definition) is 1. The van der Waals surface area contributed by atoms with Crippen molar-refractivity contribution in [2.24, 2.45) is 0 Å². The van der Waals surface area contributed by atoms with Crippen molar-refractivity contribution in [2.75, 3.05) is 19.4 Å². The Morgan fingerprint density at radius 3 is 2.40 bits per heavy atom. The van der Waals surface area contributed by atoms with Gasteiger partial charge in [0, 0.05) is 25.8 Å². The SMILES string of the molecule is CC(NC(=O)CCCCBr)C(=O)N(C)C. The molecule has 0 fully saturated rings. The van der Waals surface area contributed by atoms with Crippen molar-refractivity contribution in [2.45, 2.75) is 32.2 Å². The fraction of sp³-hybridized carbons (Fsp3) is 0.800. The number of amides is 2. The molecule has 4 nitrogen and oxygen atoms in total. The molecule has 0 bridgehead atoms. The highest BCUT2D eigenvalue weighted by molar-refractivity contribution is 9.09. The van der Waals surface area contributed by atoms with Gasteiger partial charge in [0.25, 0.3) is 0 Å². The number of hydrogen-bond acceptors (Lipinski definition) is 2. The smallest absolute Gasteiger partial charge is 0.244 e. The largest absolute Gasteiger partial charge is 0.347 e. The van der Waals surface area contributed by atoms with Crippen LogP contribution in [0.1, 0.15) is 26.2 Å². The van der Waals surface area contributed by atoms with Crippen molar-refractivity contribution < 1.29 is 9.59 Å². The molecule has 0 radical (unpaired) electrons. The lowest BCUT2D eigenvalue weighted by atomic mass is 10.2. The number of nitrogens with zero attached hydrogens (tertiary/aromatic N) is 1. The van der Waals surface area contributed by atoms with Crippen LogP contribution in [0.4, 0.5) is 0 Å². The Balaban J connectivity index is 3.81. The van der Waals surface area contributed by atoms with E-state index in [2.05, 4.69) is 21.2 Å². The monoisotopic (exact) mass is 278 g/mol. The fourth-order valence-corrected chi connectivity index (χ4v) is 1.54. The molecule has 1 unspecified atom stereocenters. The summed E-state index contributed by atoms with van der Waals surface area (Å²) in [6, 6.07) is -0.434. The van der Waals surface area contributed by atoms with Crippen molar-refractivity contribution in [1.29, 1.82) is 0 Å². The Kier molecular flexibility index (Phi) is 7.38. The summed E-state index contributed by atoms with van der Waals surface area (Å²) in [5.41, 5.74) is 0. The maximum Gasteiger partial charge on any atom is 0.244 e. The van der Waals surface area contributed by atoms with Crippen LogP contribution < -0.4 is 5.32 Å². The number of carbonyl (C=O) groups excluding carboxylic acids is 2. The Morgan fingerprint density at radius 1 is 1.33 bits per heavy atom. The van der Waals surface area contributed by atoms with Gasteiger partial charge in [-0.25, -0.2) is 0 Å². The third-order valence-electron chi connectivity index (χ3n) is 1.98. The average Bonchev–Trinajstić information content (AvgIpc) is 2.16. The number of halogens is 1. The zero-order chi connectivity index (χ0) is 11.8. The van der Waals surface area contributed by atoms with Crippen LogP contribution >= 0.6 is 15.9 Å². The predicted molar refractivity (Wildman–Crippen MR) is 63.9 cm³/mol. The molecule has 5 heteroatoms. The van der Waals surface area contributed by atoms with Gasteiger partial charge in [0.1, 0.15) is 6.04 Å². The Labute approximate surface area is 99.5 Å². The number of nitrogens with one attached hydrogen (secondary N) is 1. The first-order chi connectivity index (χ1) is 6.99. The van der Waals surface area contributed by atoms with Crippen LogP contribution in [0.3, 0.4) is 0 Å². The van der Waals surface area contributed by atoms with Gasteiger partial charge in [0.15, 0.2) is 0 Å². The van der Waals surface area contributed by atoms with Crippen molar-refractivity contribution in [1.82, 2.24) is 10.2 Å². The van der Waals surface area contributed by atoms with Gasteiger partial charge in [-0.1, -0.05) is 15.9 Å². The molecule has 88 valence electrons. The average molecular weight is 279 g/mol. The maximum absolute atomic E-state index is 11.4. The lowest BCUT2D eigenvalue weighted by molar-refractivity contribution is -0.133. The molecule has 0 saturated heterocycles. The normalized spacial score (nSPS) is 12.0. The number of rotatable bonds is 6. The van der Waals surface area contributed by atoms with E-state index in [1.54, 1.807) is 21.0 Å². The highest BCUT2D eigenvalue weighted by Gasteiger charge is 2.16. The number of carbonyl (C=O) groups is 2. The molecule has 0 aliphatic carbocycles. The molecular weight excluding hydrogens is 260 g/mol. The lowest BCUT2D eigenvalue weighted by Gasteiger charge is -2.17. The second-order valence-corrected chi connectivity index (χ2v) is 4.46. The molecule has 0 rings (SSSR count). The van der Waals surface area contributed by atoms with Crippen molar-refractivity contribution in [3.63, 3.8) is 0 Å². The highest BCUT2D eigenvalue weighted by Crippen LogP contribution is 1.99. The molecule has 0 aliphatic heterocycles. The van der Waals surface area contributed by atoms with E-state index in [0.717, 1.165) is 18.2 Å². The second-order valence-electron chi connectivity index (χ2n) is 3.67. The molecule has 1 N–H and O–H groups in total. The Bertz CT molecular complexity index is 219. The van der Waals surface area contributed by atoms with Gasteiger partial charge in [0.05, 0.1) is 0 Å². The fourth-order valence-electron chi connectivity index (χ4n) is 1.14. The van der Waals surface area contributed by atoms with E-state index in [9.17, 15) is 9.59 Å². The van der Waals surface area contributed by atoms with E-state index >= 15 is 0 Å². The molecule has 0 saturated carbocycles. The van der Waals surface area contributed by atoms with E-state index in [-0.39, 0.29) is 11.8 Å². The van der Waals surface area contributed by atoms with E-state index < -0.39 is 6.04 Å². The van der Waals surface area contributed by atoms with E-state index in [1.807, 2.05) is 0 Å². The van der Waals surface area contributed by atoms with Gasteiger partial charge in [-0.15, -0.1) is 0 Å². The summed E-state index contributed by atoms with van der Waals surface area (Å²) in [6.07, 6.45) is 2.31. The topological polar surface area (TPSA) is 49.4 Å². The number of alkyl halides is 1. The summed E-state index contributed by atoms with van der Waals surface area (Å²) in [4.78, 5) is 24.2. The van der Waals surface area contributed by atoms with Crippen LogP contribution in [0.25, 0.3) is 0 Å². The van der Waals surface area contributed by atoms with Crippen LogP contribution in [-0.4, -0.2) is 42.2 Å². The second kappa shape index (κ2) is 7.68. The van der Waals surface area contributed by atoms with Gasteiger partial charge < -0.3 is 10.2 Å². The first-order valence-corrected chi connectivity index (χ1v) is 6.17. The van der Waals surface area contributed by atoms with E-state index in [4.69, 9.17) is 0 Å².